The number of nitrogens with one attached hydrogen (secondary N) is 1. The lowest BCUT2D eigenvalue weighted by Gasteiger charge is -2.25. The van der Waals surface area contributed by atoms with Crippen molar-refractivity contribution in [1.29, 1.82) is 0 Å². The Morgan fingerprint density at radius 2 is 2.04 bits per heavy atom. The Morgan fingerprint density at radius 3 is 2.59 bits per heavy atom. The van der Waals surface area contributed by atoms with Gasteiger partial charge in [0.2, 0.25) is 0 Å². The van der Waals surface area contributed by atoms with Gasteiger partial charge in [-0.25, -0.2) is 9.67 Å². The number of benzene rings is 1. The number of hydrogen-bond donors (Lipinski definition) is 2. The van der Waals surface area contributed by atoms with E-state index in [4.69, 9.17) is 5.73 Å². The maximum absolute atomic E-state index is 13.6. The summed E-state index contributed by atoms with van der Waals surface area (Å²) in [5.41, 5.74) is 7.06. The fraction of sp³-hybridized carbons (Fsp3) is 0.474. The van der Waals surface area contributed by atoms with Crippen LogP contribution in [0.15, 0.2) is 29.3 Å². The van der Waals surface area contributed by atoms with Crippen molar-refractivity contribution in [3.63, 3.8) is 0 Å². The number of rotatable bonds is 5. The van der Waals surface area contributed by atoms with Crippen molar-refractivity contribution in [1.82, 2.24) is 15.1 Å². The molecule has 0 unspecified atom stereocenters. The van der Waals surface area contributed by atoms with Crippen LogP contribution in [0.5, 0.6) is 0 Å². The van der Waals surface area contributed by atoms with E-state index in [1.54, 1.807) is 19.9 Å². The number of nitrogens with zero attached hydrogens (tertiary/aromatic N) is 3. The van der Waals surface area contributed by atoms with Gasteiger partial charge in [-0.2, -0.15) is 18.3 Å². The van der Waals surface area contributed by atoms with Crippen molar-refractivity contribution in [3.8, 4) is 5.69 Å². The second-order valence-corrected chi connectivity index (χ2v) is 7.06. The van der Waals surface area contributed by atoms with E-state index < -0.39 is 11.7 Å². The van der Waals surface area contributed by atoms with Crippen LogP contribution in [0, 0.1) is 19.8 Å². The second-order valence-electron chi connectivity index (χ2n) is 7.06. The molecule has 0 spiro atoms. The Morgan fingerprint density at radius 1 is 1.30 bits per heavy atom. The van der Waals surface area contributed by atoms with Crippen molar-refractivity contribution in [3.05, 3.63) is 46.8 Å². The normalized spacial score (nSPS) is 15.7. The van der Waals surface area contributed by atoms with Crippen LogP contribution in [0.2, 0.25) is 0 Å². The highest BCUT2D eigenvalue weighted by atomic mass is 19.4. The first-order valence-electron chi connectivity index (χ1n) is 9.01. The molecule has 146 valence electrons. The van der Waals surface area contributed by atoms with Crippen LogP contribution in [-0.2, 0) is 12.7 Å². The average Bonchev–Trinajstić information content (AvgIpc) is 2.89. The van der Waals surface area contributed by atoms with Gasteiger partial charge in [0.25, 0.3) is 0 Å². The van der Waals surface area contributed by atoms with E-state index in [9.17, 15) is 13.2 Å². The minimum atomic E-state index is -4.48. The van der Waals surface area contributed by atoms with Gasteiger partial charge in [0.1, 0.15) is 0 Å². The van der Waals surface area contributed by atoms with E-state index in [1.165, 1.54) is 17.2 Å². The van der Waals surface area contributed by atoms with E-state index >= 15 is 0 Å². The molecule has 0 bridgehead atoms. The van der Waals surface area contributed by atoms with Gasteiger partial charge in [0.05, 0.1) is 23.5 Å². The number of hydrogen-bond acceptors (Lipinski definition) is 2. The number of alkyl halides is 3. The van der Waals surface area contributed by atoms with Gasteiger partial charge in [-0.1, -0.05) is 12.5 Å². The van der Waals surface area contributed by atoms with Crippen LogP contribution in [-0.4, -0.2) is 22.3 Å². The first-order valence-corrected chi connectivity index (χ1v) is 9.01. The molecule has 1 fully saturated rings. The number of guanidine groups is 1. The molecule has 0 radical (unpaired) electrons. The minimum absolute atomic E-state index is 0.0844. The number of nitrogens with two attached hydrogens (primary N) is 1. The second kappa shape index (κ2) is 7.62. The van der Waals surface area contributed by atoms with Crippen LogP contribution in [0.1, 0.15) is 41.8 Å². The third kappa shape index (κ3) is 4.61. The van der Waals surface area contributed by atoms with Crippen molar-refractivity contribution >= 4 is 5.96 Å². The lowest BCUT2D eigenvalue weighted by Crippen LogP contribution is -2.37. The Labute approximate surface area is 156 Å². The maximum atomic E-state index is 13.6. The van der Waals surface area contributed by atoms with Gasteiger partial charge in [-0.15, -0.1) is 0 Å². The Bertz CT molecular complexity index is 834. The lowest BCUT2D eigenvalue weighted by atomic mass is 9.85. The molecule has 1 aliphatic rings. The lowest BCUT2D eigenvalue weighted by molar-refractivity contribution is -0.138. The molecule has 1 aliphatic carbocycles. The summed E-state index contributed by atoms with van der Waals surface area (Å²) >= 11 is 0. The number of aryl methyl sites for hydroxylation is 2. The summed E-state index contributed by atoms with van der Waals surface area (Å²) in [6.45, 7) is 4.20. The van der Waals surface area contributed by atoms with Gasteiger partial charge in [0, 0.05) is 12.2 Å². The molecule has 1 aromatic carbocycles. The summed E-state index contributed by atoms with van der Waals surface area (Å²) in [7, 11) is 0. The molecule has 2 aromatic rings. The predicted molar refractivity (Wildman–Crippen MR) is 98.7 cm³/mol. The van der Waals surface area contributed by atoms with Crippen LogP contribution < -0.4 is 11.1 Å². The highest BCUT2D eigenvalue weighted by molar-refractivity contribution is 5.77. The monoisotopic (exact) mass is 379 g/mol. The molecule has 0 atom stereocenters. The molecule has 0 aliphatic heterocycles. The van der Waals surface area contributed by atoms with Crippen molar-refractivity contribution in [2.75, 3.05) is 6.54 Å². The van der Waals surface area contributed by atoms with E-state index in [0.717, 1.165) is 36.8 Å². The summed E-state index contributed by atoms with van der Waals surface area (Å²) < 4.78 is 42.2. The van der Waals surface area contributed by atoms with Crippen LogP contribution >= 0.6 is 0 Å². The molecule has 3 N–H and O–H groups in total. The van der Waals surface area contributed by atoms with Crippen LogP contribution in [0.25, 0.3) is 5.69 Å². The van der Waals surface area contributed by atoms with Crippen molar-refractivity contribution < 1.29 is 13.2 Å². The minimum Gasteiger partial charge on any atom is -0.370 e. The highest BCUT2D eigenvalue weighted by Gasteiger charge is 2.33. The molecule has 3 rings (SSSR count). The average molecular weight is 379 g/mol. The van der Waals surface area contributed by atoms with Crippen molar-refractivity contribution in [2.24, 2.45) is 16.6 Å². The predicted octanol–water partition coefficient (Wildman–Crippen LogP) is 3.71. The molecule has 27 heavy (non-hydrogen) atoms. The SMILES string of the molecule is Cc1cc(C)n(-c2ccc(CN=C(N)NCC3CCC3)c(C(F)(F)F)c2)n1. The van der Waals surface area contributed by atoms with Crippen molar-refractivity contribution in [2.45, 2.75) is 45.8 Å². The van der Waals surface area contributed by atoms with E-state index in [-0.39, 0.29) is 18.1 Å². The van der Waals surface area contributed by atoms with Crippen LogP contribution in [0.3, 0.4) is 0 Å². The summed E-state index contributed by atoms with van der Waals surface area (Å²) in [4.78, 5) is 4.08. The fourth-order valence-electron chi connectivity index (χ4n) is 3.16. The zero-order chi connectivity index (χ0) is 19.6. The third-order valence-corrected chi connectivity index (χ3v) is 4.87. The highest BCUT2D eigenvalue weighted by Crippen LogP contribution is 2.34. The molecule has 8 heteroatoms. The molecule has 1 heterocycles. The quantitative estimate of drug-likeness (QED) is 0.615. The largest absolute Gasteiger partial charge is 0.416 e. The molecular weight excluding hydrogens is 355 g/mol. The van der Waals surface area contributed by atoms with E-state index in [0.29, 0.717) is 11.6 Å². The molecule has 5 nitrogen and oxygen atoms in total. The zero-order valence-corrected chi connectivity index (χ0v) is 15.5. The Hall–Kier alpha value is -2.51. The summed E-state index contributed by atoms with van der Waals surface area (Å²) in [5.74, 6) is 0.766. The van der Waals surface area contributed by atoms with Gasteiger partial charge < -0.3 is 11.1 Å². The standard InChI is InChI=1S/C19H24F3N5/c1-12-8-13(2)27(26-12)16-7-6-15(17(9-16)19(20,21)22)11-25-18(23)24-10-14-4-3-5-14/h6-9,14H,3-5,10-11H2,1-2H3,(H3,23,24,25). The molecule has 0 amide bonds. The van der Waals surface area contributed by atoms with Gasteiger partial charge in [-0.05, 0) is 56.4 Å². The van der Waals surface area contributed by atoms with Gasteiger partial charge >= 0.3 is 6.18 Å². The van der Waals surface area contributed by atoms with Gasteiger partial charge in [0.15, 0.2) is 5.96 Å². The third-order valence-electron chi connectivity index (χ3n) is 4.87. The topological polar surface area (TPSA) is 68.2 Å². The smallest absolute Gasteiger partial charge is 0.370 e. The number of aliphatic imine (C=N–C) groups is 1. The van der Waals surface area contributed by atoms with Crippen LogP contribution in [0.4, 0.5) is 13.2 Å². The number of aromatic nitrogens is 2. The first kappa shape index (κ1) is 19.3. The zero-order valence-electron chi connectivity index (χ0n) is 15.5. The number of halogens is 3. The summed E-state index contributed by atoms with van der Waals surface area (Å²) in [6, 6.07) is 6.00. The Balaban J connectivity index is 1.80. The molecule has 0 saturated heterocycles. The Kier molecular flexibility index (Phi) is 5.43. The van der Waals surface area contributed by atoms with E-state index in [2.05, 4.69) is 15.4 Å². The van der Waals surface area contributed by atoms with E-state index in [1.807, 2.05) is 6.07 Å². The maximum Gasteiger partial charge on any atom is 0.416 e. The summed E-state index contributed by atoms with van der Waals surface area (Å²) in [6.07, 6.45) is -0.941. The first-order chi connectivity index (χ1) is 12.7. The molecule has 1 aromatic heterocycles. The molecule has 1 saturated carbocycles. The van der Waals surface area contributed by atoms with Gasteiger partial charge in [-0.3, -0.25) is 0 Å². The molecular formula is C19H24F3N5. The summed E-state index contributed by atoms with van der Waals surface area (Å²) in [5, 5.41) is 7.25. The fourth-order valence-corrected chi connectivity index (χ4v) is 3.16.